The van der Waals surface area contributed by atoms with Gasteiger partial charge in [0.15, 0.2) is 5.82 Å². The molecule has 1 aromatic heterocycles. The van der Waals surface area contributed by atoms with Crippen molar-refractivity contribution in [3.05, 3.63) is 53.9 Å². The van der Waals surface area contributed by atoms with Crippen molar-refractivity contribution in [3.8, 4) is 23.0 Å². The minimum atomic E-state index is -0.143. The number of carbonyl (C=O) groups is 1. The molecule has 0 N–H and O–H groups in total. The quantitative estimate of drug-likeness (QED) is 0.600. The second-order valence-corrected chi connectivity index (χ2v) is 8.76. The van der Waals surface area contributed by atoms with Gasteiger partial charge in [0.2, 0.25) is 5.91 Å². The lowest BCUT2D eigenvalue weighted by atomic mass is 9.87. The lowest BCUT2D eigenvalue weighted by Gasteiger charge is -2.18. The molecule has 0 bridgehead atoms. The van der Waals surface area contributed by atoms with E-state index < -0.39 is 0 Å². The number of anilines is 1. The molecule has 1 unspecified atom stereocenters. The maximum absolute atomic E-state index is 12.7. The Balaban J connectivity index is 1.54. The van der Waals surface area contributed by atoms with Gasteiger partial charge >= 0.3 is 0 Å². The first kappa shape index (κ1) is 20.9. The fraction of sp³-hybridized carbons (Fsp3) is 0.375. The molecular weight excluding hydrogens is 394 g/mol. The number of ether oxygens (including phenoxy) is 2. The normalized spacial score (nSPS) is 16.6. The molecule has 3 aromatic rings. The predicted octanol–water partition coefficient (Wildman–Crippen LogP) is 4.57. The number of amides is 1. The van der Waals surface area contributed by atoms with Crippen LogP contribution in [0.2, 0.25) is 0 Å². The Morgan fingerprint density at radius 3 is 2.26 bits per heavy atom. The summed E-state index contributed by atoms with van der Waals surface area (Å²) in [6.45, 7) is 6.99. The second kappa shape index (κ2) is 8.06. The third-order valence-corrected chi connectivity index (χ3v) is 5.58. The number of carbonyl (C=O) groups excluding carboxylic acids is 1. The summed E-state index contributed by atoms with van der Waals surface area (Å²) in [5, 5.41) is 4.16. The molecule has 1 aliphatic rings. The van der Waals surface area contributed by atoms with Gasteiger partial charge in [0.1, 0.15) is 11.5 Å². The molecule has 2 heterocycles. The number of methoxy groups -OCH3 is 2. The van der Waals surface area contributed by atoms with E-state index in [1.54, 1.807) is 25.2 Å². The number of benzene rings is 2. The molecule has 7 heteroatoms. The average Bonchev–Trinajstić information content (AvgIpc) is 3.40. The van der Waals surface area contributed by atoms with Crippen molar-refractivity contribution < 1.29 is 18.8 Å². The minimum Gasteiger partial charge on any atom is -0.497 e. The van der Waals surface area contributed by atoms with E-state index in [-0.39, 0.29) is 17.2 Å². The van der Waals surface area contributed by atoms with Crippen molar-refractivity contribution in [1.82, 2.24) is 10.1 Å². The topological polar surface area (TPSA) is 77.7 Å². The summed E-state index contributed by atoms with van der Waals surface area (Å²) in [6.07, 6.45) is 0.321. The van der Waals surface area contributed by atoms with Crippen LogP contribution >= 0.6 is 0 Å². The van der Waals surface area contributed by atoms with Crippen LogP contribution in [0.1, 0.15) is 44.5 Å². The third kappa shape index (κ3) is 4.26. The van der Waals surface area contributed by atoms with Crippen LogP contribution in [-0.2, 0) is 10.2 Å². The molecular formula is C24H27N3O4. The Morgan fingerprint density at radius 2 is 1.68 bits per heavy atom. The molecule has 1 atom stereocenters. The van der Waals surface area contributed by atoms with Gasteiger partial charge in [0, 0.05) is 42.6 Å². The van der Waals surface area contributed by atoms with Crippen LogP contribution in [0.25, 0.3) is 11.5 Å². The molecule has 0 radical (unpaired) electrons. The van der Waals surface area contributed by atoms with Gasteiger partial charge in [-0.1, -0.05) is 38.1 Å². The molecule has 0 spiro atoms. The molecule has 7 nitrogen and oxygen atoms in total. The lowest BCUT2D eigenvalue weighted by molar-refractivity contribution is -0.117. The molecule has 2 aromatic carbocycles. The summed E-state index contributed by atoms with van der Waals surface area (Å²) in [7, 11) is 3.17. The van der Waals surface area contributed by atoms with Gasteiger partial charge in [-0.25, -0.2) is 0 Å². The highest BCUT2D eigenvalue weighted by Crippen LogP contribution is 2.35. The lowest BCUT2D eigenvalue weighted by Crippen LogP contribution is -2.24. The van der Waals surface area contributed by atoms with Crippen LogP contribution in [0.15, 0.2) is 47.0 Å². The van der Waals surface area contributed by atoms with Gasteiger partial charge in [0.05, 0.1) is 19.9 Å². The fourth-order valence-corrected chi connectivity index (χ4v) is 3.71. The van der Waals surface area contributed by atoms with E-state index in [0.29, 0.717) is 36.2 Å². The fourth-order valence-electron chi connectivity index (χ4n) is 3.71. The number of rotatable bonds is 5. The van der Waals surface area contributed by atoms with Crippen molar-refractivity contribution >= 4 is 11.6 Å². The van der Waals surface area contributed by atoms with E-state index in [2.05, 4.69) is 43.0 Å². The molecule has 1 saturated heterocycles. The molecule has 0 aliphatic carbocycles. The number of hydrogen-bond donors (Lipinski definition) is 0. The minimum absolute atomic E-state index is 0.00110. The molecule has 1 aliphatic heterocycles. The zero-order chi connectivity index (χ0) is 22.2. The van der Waals surface area contributed by atoms with Crippen molar-refractivity contribution in [1.29, 1.82) is 0 Å². The first-order valence-electron chi connectivity index (χ1n) is 10.3. The SMILES string of the molecule is COc1cc(OC)cc(N2CC(c3noc(-c4ccc(C(C)(C)C)cc4)n3)CC2=O)c1. The molecule has 31 heavy (non-hydrogen) atoms. The Bertz CT molecular complexity index is 1060. The maximum Gasteiger partial charge on any atom is 0.257 e. The number of hydrogen-bond acceptors (Lipinski definition) is 6. The molecule has 1 fully saturated rings. The van der Waals surface area contributed by atoms with Gasteiger partial charge in [-0.15, -0.1) is 0 Å². The summed E-state index contributed by atoms with van der Waals surface area (Å²) in [5.41, 5.74) is 2.91. The van der Waals surface area contributed by atoms with Crippen LogP contribution in [0.3, 0.4) is 0 Å². The van der Waals surface area contributed by atoms with Crippen LogP contribution in [0.4, 0.5) is 5.69 Å². The van der Waals surface area contributed by atoms with E-state index in [0.717, 1.165) is 11.3 Å². The van der Waals surface area contributed by atoms with Crippen LogP contribution in [-0.4, -0.2) is 36.8 Å². The van der Waals surface area contributed by atoms with Crippen molar-refractivity contribution in [2.45, 2.75) is 38.5 Å². The Morgan fingerprint density at radius 1 is 1.03 bits per heavy atom. The van der Waals surface area contributed by atoms with Gasteiger partial charge < -0.3 is 18.9 Å². The van der Waals surface area contributed by atoms with Crippen LogP contribution < -0.4 is 14.4 Å². The maximum atomic E-state index is 12.7. The Hall–Kier alpha value is -3.35. The zero-order valence-electron chi connectivity index (χ0n) is 18.5. The van der Waals surface area contributed by atoms with Crippen LogP contribution in [0.5, 0.6) is 11.5 Å². The highest BCUT2D eigenvalue weighted by atomic mass is 16.5. The highest BCUT2D eigenvalue weighted by Gasteiger charge is 2.35. The van der Waals surface area contributed by atoms with Crippen molar-refractivity contribution in [2.75, 3.05) is 25.7 Å². The van der Waals surface area contributed by atoms with E-state index in [1.807, 2.05) is 24.3 Å². The zero-order valence-corrected chi connectivity index (χ0v) is 18.5. The van der Waals surface area contributed by atoms with Crippen molar-refractivity contribution in [3.63, 3.8) is 0 Å². The van der Waals surface area contributed by atoms with E-state index in [4.69, 9.17) is 14.0 Å². The van der Waals surface area contributed by atoms with E-state index in [1.165, 1.54) is 5.56 Å². The first-order valence-corrected chi connectivity index (χ1v) is 10.3. The Kier molecular flexibility index (Phi) is 5.43. The van der Waals surface area contributed by atoms with Crippen LogP contribution in [0, 0.1) is 0 Å². The summed E-state index contributed by atoms with van der Waals surface area (Å²) in [6, 6.07) is 13.6. The Labute approximate surface area is 182 Å². The number of nitrogens with zero attached hydrogens (tertiary/aromatic N) is 3. The summed E-state index contributed by atoms with van der Waals surface area (Å²) in [4.78, 5) is 19.0. The molecule has 162 valence electrons. The summed E-state index contributed by atoms with van der Waals surface area (Å²) >= 11 is 0. The predicted molar refractivity (Wildman–Crippen MR) is 118 cm³/mol. The highest BCUT2D eigenvalue weighted by molar-refractivity contribution is 5.96. The monoisotopic (exact) mass is 421 g/mol. The molecule has 0 saturated carbocycles. The van der Waals surface area contributed by atoms with Gasteiger partial charge in [-0.3, -0.25) is 4.79 Å². The first-order chi connectivity index (χ1) is 14.8. The van der Waals surface area contributed by atoms with E-state index >= 15 is 0 Å². The van der Waals surface area contributed by atoms with Crippen molar-refractivity contribution in [2.24, 2.45) is 0 Å². The van der Waals surface area contributed by atoms with E-state index in [9.17, 15) is 4.79 Å². The smallest absolute Gasteiger partial charge is 0.257 e. The van der Waals surface area contributed by atoms with Gasteiger partial charge in [0.25, 0.3) is 5.89 Å². The number of aromatic nitrogens is 2. The summed E-state index contributed by atoms with van der Waals surface area (Å²) < 4.78 is 16.2. The molecule has 1 amide bonds. The standard InChI is InChI=1S/C24H27N3O4/c1-24(2,3)17-8-6-15(7-9-17)23-25-22(26-31-23)16-10-21(28)27(14-16)18-11-19(29-4)13-20(12-18)30-5/h6-9,11-13,16H,10,14H2,1-5H3. The molecule has 4 rings (SSSR count). The van der Waals surface area contributed by atoms with Gasteiger partial charge in [-0.05, 0) is 23.1 Å². The average molecular weight is 421 g/mol. The second-order valence-electron chi connectivity index (χ2n) is 8.76. The van der Waals surface area contributed by atoms with Gasteiger partial charge in [-0.2, -0.15) is 4.98 Å². The third-order valence-electron chi connectivity index (χ3n) is 5.58. The largest absolute Gasteiger partial charge is 0.497 e. The summed E-state index contributed by atoms with van der Waals surface area (Å²) in [5.74, 6) is 2.12.